The predicted octanol–water partition coefficient (Wildman–Crippen LogP) is 3.56. The number of hydrogen-bond acceptors (Lipinski definition) is 3. The lowest BCUT2D eigenvalue weighted by Crippen LogP contribution is -2.18. The molecule has 1 aliphatic rings. The van der Waals surface area contributed by atoms with E-state index in [1.54, 1.807) is 29.7 Å². The molecule has 1 aliphatic carbocycles. The molecule has 0 radical (unpaired) electrons. The quantitative estimate of drug-likeness (QED) is 0.740. The smallest absolute Gasteiger partial charge is 0.281 e. The Balaban J connectivity index is 1.84. The van der Waals surface area contributed by atoms with Gasteiger partial charge in [-0.2, -0.15) is 4.99 Å². The molecule has 3 aromatic rings. The second kappa shape index (κ2) is 5.74. The summed E-state index contributed by atoms with van der Waals surface area (Å²) in [6.45, 7) is 2.79. The summed E-state index contributed by atoms with van der Waals surface area (Å²) >= 11 is 1.58. The first-order chi connectivity index (χ1) is 11.2. The monoisotopic (exact) mass is 323 g/mol. The number of fused-ring (bicyclic) bond motifs is 1. The molecule has 2 heterocycles. The van der Waals surface area contributed by atoms with Gasteiger partial charge >= 0.3 is 0 Å². The molecule has 2 aromatic heterocycles. The Morgan fingerprint density at radius 3 is 2.91 bits per heavy atom. The normalized spacial score (nSPS) is 15.3. The molecule has 23 heavy (non-hydrogen) atoms. The second-order valence-corrected chi connectivity index (χ2v) is 6.97. The van der Waals surface area contributed by atoms with Gasteiger partial charge in [0.25, 0.3) is 5.91 Å². The largest absolute Gasteiger partial charge is 0.316 e. The fourth-order valence-electron chi connectivity index (χ4n) is 2.70. The van der Waals surface area contributed by atoms with Crippen molar-refractivity contribution in [2.24, 2.45) is 10.9 Å². The summed E-state index contributed by atoms with van der Waals surface area (Å²) < 4.78 is 3.36. The van der Waals surface area contributed by atoms with E-state index in [9.17, 15) is 4.79 Å². The molecule has 1 aromatic carbocycles. The maximum atomic E-state index is 12.6. The van der Waals surface area contributed by atoms with Gasteiger partial charge in [0.05, 0.1) is 21.5 Å². The Morgan fingerprint density at radius 2 is 2.13 bits per heavy atom. The molecule has 0 bridgehead atoms. The minimum absolute atomic E-state index is 0.216. The van der Waals surface area contributed by atoms with Crippen LogP contribution in [-0.2, 0) is 6.54 Å². The number of pyridine rings is 1. The standard InChI is InChI=1S/C18H17N3OS/c1-12-14(5-4-10-19-12)17(22)20-18-21(11-13-8-9-13)15-6-2-3-7-16(15)23-18/h2-7,10,13H,8-9,11H2,1H3/b20-18-. The van der Waals surface area contributed by atoms with E-state index in [1.807, 2.05) is 19.1 Å². The van der Waals surface area contributed by atoms with E-state index in [4.69, 9.17) is 0 Å². The van der Waals surface area contributed by atoms with Gasteiger partial charge in [0.15, 0.2) is 4.80 Å². The minimum atomic E-state index is -0.216. The molecule has 5 heteroatoms. The van der Waals surface area contributed by atoms with Gasteiger partial charge < -0.3 is 4.57 Å². The van der Waals surface area contributed by atoms with E-state index >= 15 is 0 Å². The van der Waals surface area contributed by atoms with Gasteiger partial charge in [-0.25, -0.2) is 0 Å². The molecule has 0 spiro atoms. The average Bonchev–Trinajstić information content (AvgIpc) is 3.31. The zero-order valence-electron chi connectivity index (χ0n) is 12.9. The number of amides is 1. The third-order valence-electron chi connectivity index (χ3n) is 4.16. The summed E-state index contributed by atoms with van der Waals surface area (Å²) in [7, 11) is 0. The van der Waals surface area contributed by atoms with Gasteiger partial charge in [-0.05, 0) is 49.9 Å². The van der Waals surface area contributed by atoms with E-state index in [1.165, 1.54) is 23.1 Å². The number of carbonyl (C=O) groups excluding carboxylic acids is 1. The van der Waals surface area contributed by atoms with Crippen LogP contribution in [0.1, 0.15) is 28.9 Å². The number of benzene rings is 1. The van der Waals surface area contributed by atoms with Crippen molar-refractivity contribution in [3.8, 4) is 0 Å². The van der Waals surface area contributed by atoms with Crippen LogP contribution in [0.15, 0.2) is 47.6 Å². The van der Waals surface area contributed by atoms with Gasteiger partial charge in [-0.1, -0.05) is 23.5 Å². The van der Waals surface area contributed by atoms with Gasteiger partial charge in [0.2, 0.25) is 0 Å². The molecule has 0 atom stereocenters. The van der Waals surface area contributed by atoms with Crippen molar-refractivity contribution >= 4 is 27.5 Å². The van der Waals surface area contributed by atoms with Crippen molar-refractivity contribution < 1.29 is 4.79 Å². The first-order valence-electron chi connectivity index (χ1n) is 7.81. The maximum absolute atomic E-state index is 12.6. The molecular weight excluding hydrogens is 306 g/mol. The van der Waals surface area contributed by atoms with Gasteiger partial charge in [0.1, 0.15) is 0 Å². The number of hydrogen-bond donors (Lipinski definition) is 0. The van der Waals surface area contributed by atoms with Crippen molar-refractivity contribution in [2.75, 3.05) is 0 Å². The Hall–Kier alpha value is -2.27. The first-order valence-corrected chi connectivity index (χ1v) is 8.63. The van der Waals surface area contributed by atoms with Crippen LogP contribution < -0.4 is 4.80 Å². The van der Waals surface area contributed by atoms with Crippen LogP contribution >= 0.6 is 11.3 Å². The zero-order chi connectivity index (χ0) is 15.8. The summed E-state index contributed by atoms with van der Waals surface area (Å²) in [5.41, 5.74) is 2.46. The Morgan fingerprint density at radius 1 is 1.30 bits per heavy atom. The number of carbonyl (C=O) groups is 1. The fraction of sp³-hybridized carbons (Fsp3) is 0.278. The first kappa shape index (κ1) is 14.3. The topological polar surface area (TPSA) is 47.2 Å². The van der Waals surface area contributed by atoms with Gasteiger partial charge in [-0.15, -0.1) is 0 Å². The Labute approximate surface area is 138 Å². The second-order valence-electron chi connectivity index (χ2n) is 5.96. The molecule has 0 unspecified atom stereocenters. The zero-order valence-corrected chi connectivity index (χ0v) is 13.7. The van der Waals surface area contributed by atoms with Crippen LogP contribution in [0.2, 0.25) is 0 Å². The van der Waals surface area contributed by atoms with Crippen molar-refractivity contribution in [1.29, 1.82) is 0 Å². The Kier molecular flexibility index (Phi) is 3.58. The third-order valence-corrected chi connectivity index (χ3v) is 5.22. The van der Waals surface area contributed by atoms with Crippen LogP contribution in [-0.4, -0.2) is 15.5 Å². The molecule has 1 fully saturated rings. The number of nitrogens with zero attached hydrogens (tertiary/aromatic N) is 3. The lowest BCUT2D eigenvalue weighted by Gasteiger charge is -2.03. The maximum Gasteiger partial charge on any atom is 0.281 e. The summed E-state index contributed by atoms with van der Waals surface area (Å²) in [6, 6.07) is 11.8. The molecule has 116 valence electrons. The molecule has 4 nitrogen and oxygen atoms in total. The SMILES string of the molecule is Cc1ncccc1C(=O)/N=c1\sc2ccccc2n1CC1CC1. The van der Waals surface area contributed by atoms with Crippen LogP contribution in [0.25, 0.3) is 10.2 Å². The molecule has 4 rings (SSSR count). The lowest BCUT2D eigenvalue weighted by atomic mass is 10.2. The number of aryl methyl sites for hydroxylation is 1. The van der Waals surface area contributed by atoms with Crippen LogP contribution in [0.3, 0.4) is 0 Å². The number of para-hydroxylation sites is 1. The predicted molar refractivity (Wildman–Crippen MR) is 91.4 cm³/mol. The van der Waals surface area contributed by atoms with Crippen LogP contribution in [0, 0.1) is 12.8 Å². The van der Waals surface area contributed by atoms with Crippen molar-refractivity contribution in [1.82, 2.24) is 9.55 Å². The third kappa shape index (κ3) is 2.84. The molecule has 0 saturated heterocycles. The van der Waals surface area contributed by atoms with Crippen molar-refractivity contribution in [2.45, 2.75) is 26.3 Å². The summed E-state index contributed by atoms with van der Waals surface area (Å²) in [4.78, 5) is 21.9. The number of aromatic nitrogens is 2. The summed E-state index contributed by atoms with van der Waals surface area (Å²) in [6.07, 6.45) is 4.23. The van der Waals surface area contributed by atoms with Crippen molar-refractivity contribution in [3.63, 3.8) is 0 Å². The minimum Gasteiger partial charge on any atom is -0.316 e. The average molecular weight is 323 g/mol. The van der Waals surface area contributed by atoms with Crippen molar-refractivity contribution in [3.05, 3.63) is 58.7 Å². The van der Waals surface area contributed by atoms with Gasteiger partial charge in [-0.3, -0.25) is 9.78 Å². The lowest BCUT2D eigenvalue weighted by molar-refractivity contribution is 0.0997. The summed E-state index contributed by atoms with van der Waals surface area (Å²) in [5, 5.41) is 0. The summed E-state index contributed by atoms with van der Waals surface area (Å²) in [5.74, 6) is 0.508. The molecule has 1 saturated carbocycles. The van der Waals surface area contributed by atoms with E-state index in [-0.39, 0.29) is 5.91 Å². The highest BCUT2D eigenvalue weighted by molar-refractivity contribution is 7.16. The van der Waals surface area contributed by atoms with E-state index in [0.717, 1.165) is 23.0 Å². The highest BCUT2D eigenvalue weighted by atomic mass is 32.1. The van der Waals surface area contributed by atoms with Gasteiger partial charge in [0, 0.05) is 12.7 Å². The molecule has 0 aliphatic heterocycles. The number of rotatable bonds is 3. The van der Waals surface area contributed by atoms with E-state index in [2.05, 4.69) is 26.7 Å². The molecule has 0 N–H and O–H groups in total. The number of thiazole rings is 1. The molecule has 1 amide bonds. The molecular formula is C18H17N3OS. The highest BCUT2D eigenvalue weighted by Gasteiger charge is 2.23. The highest BCUT2D eigenvalue weighted by Crippen LogP contribution is 2.31. The van der Waals surface area contributed by atoms with Crippen LogP contribution in [0.4, 0.5) is 0 Å². The Bertz CT molecular complexity index is 950. The fourth-order valence-corrected chi connectivity index (χ4v) is 3.74. The van der Waals surface area contributed by atoms with E-state index < -0.39 is 0 Å². The van der Waals surface area contributed by atoms with Crippen LogP contribution in [0.5, 0.6) is 0 Å². The van der Waals surface area contributed by atoms with E-state index in [0.29, 0.717) is 5.56 Å².